The summed E-state index contributed by atoms with van der Waals surface area (Å²) in [4.78, 5) is 11.9. The molecule has 1 aromatic heterocycles. The zero-order valence-electron chi connectivity index (χ0n) is 9.73. The lowest BCUT2D eigenvalue weighted by molar-refractivity contribution is 0.0647. The van der Waals surface area contributed by atoms with Crippen molar-refractivity contribution in [3.8, 4) is 0 Å². The first-order valence-corrected chi connectivity index (χ1v) is 5.57. The number of hydrogen-bond acceptors (Lipinski definition) is 4. The molecule has 0 unspecified atom stereocenters. The predicted octanol–water partition coefficient (Wildman–Crippen LogP) is -0.691. The fourth-order valence-corrected chi connectivity index (χ4v) is 1.76. The molecule has 1 aliphatic rings. The second-order valence-electron chi connectivity index (χ2n) is 4.81. The maximum atomic E-state index is 11.9. The molecular weight excluding hydrogens is 208 g/mol. The SMILES string of the molecule is CC(C)(O)CCn1nc2n(c1=O)CCNC2. The molecule has 6 heteroatoms. The zero-order valence-corrected chi connectivity index (χ0v) is 9.73. The average molecular weight is 226 g/mol. The van der Waals surface area contributed by atoms with Crippen LogP contribution in [-0.4, -0.2) is 31.6 Å². The first-order valence-electron chi connectivity index (χ1n) is 5.57. The van der Waals surface area contributed by atoms with Gasteiger partial charge in [-0.15, -0.1) is 0 Å². The van der Waals surface area contributed by atoms with Crippen molar-refractivity contribution >= 4 is 0 Å². The van der Waals surface area contributed by atoms with Crippen LogP contribution in [0.25, 0.3) is 0 Å². The van der Waals surface area contributed by atoms with Crippen LogP contribution in [0.1, 0.15) is 26.1 Å². The number of rotatable bonds is 3. The molecule has 0 spiro atoms. The molecule has 0 atom stereocenters. The Morgan fingerprint density at radius 3 is 2.94 bits per heavy atom. The molecule has 0 saturated carbocycles. The lowest BCUT2D eigenvalue weighted by Crippen LogP contribution is -2.34. The molecule has 1 aromatic rings. The van der Waals surface area contributed by atoms with Gasteiger partial charge in [-0.25, -0.2) is 9.48 Å². The molecule has 1 aliphatic heterocycles. The lowest BCUT2D eigenvalue weighted by Gasteiger charge is -2.15. The highest BCUT2D eigenvalue weighted by Gasteiger charge is 2.18. The fourth-order valence-electron chi connectivity index (χ4n) is 1.76. The summed E-state index contributed by atoms with van der Waals surface area (Å²) in [5.74, 6) is 0.784. The van der Waals surface area contributed by atoms with Crippen LogP contribution in [0, 0.1) is 0 Å². The monoisotopic (exact) mass is 226 g/mol. The molecule has 2 rings (SSSR count). The van der Waals surface area contributed by atoms with Gasteiger partial charge in [0.1, 0.15) is 5.82 Å². The van der Waals surface area contributed by atoms with Crippen molar-refractivity contribution in [1.82, 2.24) is 19.7 Å². The average Bonchev–Trinajstić information content (AvgIpc) is 2.53. The van der Waals surface area contributed by atoms with Crippen molar-refractivity contribution in [2.24, 2.45) is 0 Å². The Morgan fingerprint density at radius 2 is 2.31 bits per heavy atom. The summed E-state index contributed by atoms with van der Waals surface area (Å²) in [7, 11) is 0. The molecule has 0 radical (unpaired) electrons. The fraction of sp³-hybridized carbons (Fsp3) is 0.800. The van der Waals surface area contributed by atoms with E-state index in [0.29, 0.717) is 26.1 Å². The van der Waals surface area contributed by atoms with Crippen LogP contribution < -0.4 is 11.0 Å². The van der Waals surface area contributed by atoms with Crippen molar-refractivity contribution < 1.29 is 5.11 Å². The van der Waals surface area contributed by atoms with Gasteiger partial charge in [0.15, 0.2) is 0 Å². The van der Waals surface area contributed by atoms with Crippen LogP contribution in [0.15, 0.2) is 4.79 Å². The van der Waals surface area contributed by atoms with Gasteiger partial charge in [0, 0.05) is 19.6 Å². The zero-order chi connectivity index (χ0) is 11.8. The van der Waals surface area contributed by atoms with E-state index in [0.717, 1.165) is 12.4 Å². The Labute approximate surface area is 93.9 Å². The van der Waals surface area contributed by atoms with Crippen molar-refractivity contribution in [2.75, 3.05) is 6.54 Å². The Morgan fingerprint density at radius 1 is 1.56 bits per heavy atom. The highest BCUT2D eigenvalue weighted by Crippen LogP contribution is 2.08. The van der Waals surface area contributed by atoms with Gasteiger partial charge >= 0.3 is 5.69 Å². The second-order valence-corrected chi connectivity index (χ2v) is 4.81. The van der Waals surface area contributed by atoms with Gasteiger partial charge in [-0.1, -0.05) is 0 Å². The molecule has 0 bridgehead atoms. The minimum atomic E-state index is -0.762. The Hall–Kier alpha value is -1.14. The van der Waals surface area contributed by atoms with Gasteiger partial charge in [-0.3, -0.25) is 4.57 Å². The van der Waals surface area contributed by atoms with Crippen LogP contribution in [-0.2, 0) is 19.6 Å². The van der Waals surface area contributed by atoms with E-state index in [2.05, 4.69) is 10.4 Å². The smallest absolute Gasteiger partial charge is 0.345 e. The number of nitrogens with zero attached hydrogens (tertiary/aromatic N) is 3. The maximum absolute atomic E-state index is 11.9. The maximum Gasteiger partial charge on any atom is 0.345 e. The van der Waals surface area contributed by atoms with E-state index in [4.69, 9.17) is 0 Å². The quantitative estimate of drug-likeness (QED) is 0.715. The Bertz CT molecular complexity index is 427. The predicted molar refractivity (Wildman–Crippen MR) is 59.1 cm³/mol. The minimum absolute atomic E-state index is 0.0687. The Kier molecular flexibility index (Phi) is 2.86. The molecule has 0 aromatic carbocycles. The molecule has 2 heterocycles. The number of aryl methyl sites for hydroxylation is 1. The van der Waals surface area contributed by atoms with Gasteiger partial charge in [0.25, 0.3) is 0 Å². The number of aromatic nitrogens is 3. The van der Waals surface area contributed by atoms with E-state index < -0.39 is 5.60 Å². The standard InChI is InChI=1S/C10H18N4O2/c1-10(2,16)3-5-14-9(15)13-6-4-11-7-8(13)12-14/h11,16H,3-7H2,1-2H3. The number of hydrogen-bond donors (Lipinski definition) is 2. The first-order chi connectivity index (χ1) is 7.47. The summed E-state index contributed by atoms with van der Waals surface area (Å²) in [6.07, 6.45) is 0.525. The number of fused-ring (bicyclic) bond motifs is 1. The van der Waals surface area contributed by atoms with Crippen molar-refractivity contribution in [3.05, 3.63) is 16.3 Å². The van der Waals surface area contributed by atoms with Crippen LogP contribution in [0.3, 0.4) is 0 Å². The number of aliphatic hydroxyl groups is 1. The molecule has 0 amide bonds. The summed E-state index contributed by atoms with van der Waals surface area (Å²) < 4.78 is 3.14. The summed E-state index contributed by atoms with van der Waals surface area (Å²) in [6.45, 7) is 6.05. The molecule has 0 fully saturated rings. The third-order valence-corrected chi connectivity index (χ3v) is 2.73. The first kappa shape index (κ1) is 11.3. The molecular formula is C10H18N4O2. The van der Waals surface area contributed by atoms with Crippen LogP contribution in [0.2, 0.25) is 0 Å². The van der Waals surface area contributed by atoms with Gasteiger partial charge in [-0.2, -0.15) is 5.10 Å². The molecule has 2 N–H and O–H groups in total. The molecule has 0 saturated heterocycles. The molecule has 90 valence electrons. The summed E-state index contributed by atoms with van der Waals surface area (Å²) in [5.41, 5.74) is -0.831. The summed E-state index contributed by atoms with van der Waals surface area (Å²) in [5, 5.41) is 17.0. The van der Waals surface area contributed by atoms with E-state index in [1.165, 1.54) is 4.68 Å². The number of nitrogens with one attached hydrogen (secondary N) is 1. The minimum Gasteiger partial charge on any atom is -0.390 e. The van der Waals surface area contributed by atoms with Crippen LogP contribution >= 0.6 is 0 Å². The van der Waals surface area contributed by atoms with Crippen LogP contribution in [0.4, 0.5) is 0 Å². The normalized spacial score (nSPS) is 16.2. The summed E-state index contributed by atoms with van der Waals surface area (Å²) in [6, 6.07) is 0. The second kappa shape index (κ2) is 4.03. The topological polar surface area (TPSA) is 72.1 Å². The van der Waals surface area contributed by atoms with Gasteiger partial charge in [0.2, 0.25) is 0 Å². The molecule has 16 heavy (non-hydrogen) atoms. The van der Waals surface area contributed by atoms with Crippen LogP contribution in [0.5, 0.6) is 0 Å². The molecule has 6 nitrogen and oxygen atoms in total. The third-order valence-electron chi connectivity index (χ3n) is 2.73. The van der Waals surface area contributed by atoms with Gasteiger partial charge < -0.3 is 10.4 Å². The van der Waals surface area contributed by atoms with Gasteiger partial charge in [0.05, 0.1) is 12.1 Å². The largest absolute Gasteiger partial charge is 0.390 e. The molecule has 0 aliphatic carbocycles. The van der Waals surface area contributed by atoms with Crippen molar-refractivity contribution in [2.45, 2.75) is 45.5 Å². The van der Waals surface area contributed by atoms with Crippen molar-refractivity contribution in [1.29, 1.82) is 0 Å². The van der Waals surface area contributed by atoms with E-state index in [1.54, 1.807) is 18.4 Å². The third kappa shape index (κ3) is 2.33. The Balaban J connectivity index is 2.16. The van der Waals surface area contributed by atoms with Gasteiger partial charge in [-0.05, 0) is 20.3 Å². The van der Waals surface area contributed by atoms with E-state index in [9.17, 15) is 9.90 Å². The van der Waals surface area contributed by atoms with E-state index in [1.807, 2.05) is 0 Å². The lowest BCUT2D eigenvalue weighted by atomic mass is 10.1. The van der Waals surface area contributed by atoms with E-state index >= 15 is 0 Å². The summed E-state index contributed by atoms with van der Waals surface area (Å²) >= 11 is 0. The van der Waals surface area contributed by atoms with E-state index in [-0.39, 0.29) is 5.69 Å². The highest BCUT2D eigenvalue weighted by molar-refractivity contribution is 4.90. The highest BCUT2D eigenvalue weighted by atomic mass is 16.3. The van der Waals surface area contributed by atoms with Crippen molar-refractivity contribution in [3.63, 3.8) is 0 Å².